The topological polar surface area (TPSA) is 60.0 Å². The second-order valence-electron chi connectivity index (χ2n) is 6.66. The molecule has 0 radical (unpaired) electrons. The lowest BCUT2D eigenvalue weighted by molar-refractivity contribution is -0.185. The number of ether oxygens (including phenoxy) is 3. The van der Waals surface area contributed by atoms with Crippen LogP contribution in [0.25, 0.3) is 0 Å². The Bertz CT molecular complexity index is 562. The largest absolute Gasteiger partial charge is 0.494 e. The van der Waals surface area contributed by atoms with Gasteiger partial charge in [-0.1, -0.05) is 19.1 Å². The van der Waals surface area contributed by atoms with Crippen LogP contribution in [0.1, 0.15) is 31.7 Å². The number of likely N-dealkylation sites (tertiary alicyclic amines) is 1. The molecular formula is C19H28N2O4. The van der Waals surface area contributed by atoms with E-state index in [0.717, 1.165) is 43.7 Å². The highest BCUT2D eigenvalue weighted by atomic mass is 16.7. The van der Waals surface area contributed by atoms with Crippen molar-refractivity contribution in [2.75, 3.05) is 39.5 Å². The van der Waals surface area contributed by atoms with Gasteiger partial charge in [0.05, 0.1) is 26.4 Å². The summed E-state index contributed by atoms with van der Waals surface area (Å²) in [7, 11) is 0. The molecule has 0 bridgehead atoms. The number of piperidine rings is 1. The maximum Gasteiger partial charge on any atom is 0.234 e. The van der Waals surface area contributed by atoms with Gasteiger partial charge in [-0.2, -0.15) is 0 Å². The van der Waals surface area contributed by atoms with Crippen molar-refractivity contribution in [1.29, 1.82) is 0 Å². The molecule has 6 nitrogen and oxygen atoms in total. The molecular weight excluding hydrogens is 320 g/mol. The number of carbonyl (C=O) groups is 1. The molecule has 1 amide bonds. The molecule has 2 aliphatic heterocycles. The van der Waals surface area contributed by atoms with Crippen molar-refractivity contribution < 1.29 is 19.0 Å². The summed E-state index contributed by atoms with van der Waals surface area (Å²) in [5.41, 5.74) is 1.05. The van der Waals surface area contributed by atoms with E-state index >= 15 is 0 Å². The number of amides is 1. The van der Waals surface area contributed by atoms with E-state index in [1.807, 2.05) is 24.3 Å². The van der Waals surface area contributed by atoms with Crippen molar-refractivity contribution in [1.82, 2.24) is 10.2 Å². The van der Waals surface area contributed by atoms with Gasteiger partial charge in [0.1, 0.15) is 5.75 Å². The lowest BCUT2D eigenvalue weighted by Gasteiger charge is -2.37. The zero-order valence-corrected chi connectivity index (χ0v) is 15.0. The standard InChI is InChI=1S/C19H28N2O4/c1-2-10-23-17-5-3-4-16(13-17)14-20-18(22)15-21-8-6-19(7-9-21)24-11-12-25-19/h3-5,13H,2,6-12,14-15H2,1H3,(H,20,22). The van der Waals surface area contributed by atoms with Crippen LogP contribution in [-0.2, 0) is 20.8 Å². The molecule has 1 aromatic rings. The molecule has 0 unspecified atom stereocenters. The summed E-state index contributed by atoms with van der Waals surface area (Å²) in [5, 5.41) is 2.99. The number of rotatable bonds is 7. The SMILES string of the molecule is CCCOc1cccc(CNC(=O)CN2CCC3(CC2)OCCO3)c1. The lowest BCUT2D eigenvalue weighted by Crippen LogP contribution is -2.48. The Morgan fingerprint density at radius 1 is 1.28 bits per heavy atom. The van der Waals surface area contributed by atoms with Gasteiger partial charge in [-0.05, 0) is 24.1 Å². The van der Waals surface area contributed by atoms with E-state index in [4.69, 9.17) is 14.2 Å². The molecule has 2 aliphatic rings. The molecule has 138 valence electrons. The first-order chi connectivity index (χ1) is 12.2. The normalized spacial score (nSPS) is 19.9. The van der Waals surface area contributed by atoms with E-state index in [1.54, 1.807) is 0 Å². The number of hydrogen-bond acceptors (Lipinski definition) is 5. The summed E-state index contributed by atoms with van der Waals surface area (Å²) in [4.78, 5) is 14.4. The molecule has 3 rings (SSSR count). The number of nitrogens with zero attached hydrogens (tertiary/aromatic N) is 1. The van der Waals surface area contributed by atoms with Crippen LogP contribution in [0.3, 0.4) is 0 Å². The fraction of sp³-hybridized carbons (Fsp3) is 0.632. The van der Waals surface area contributed by atoms with Crippen LogP contribution >= 0.6 is 0 Å². The van der Waals surface area contributed by atoms with Crippen LogP contribution in [-0.4, -0.2) is 56.0 Å². The van der Waals surface area contributed by atoms with E-state index in [0.29, 0.717) is 32.9 Å². The van der Waals surface area contributed by atoms with Gasteiger partial charge in [0.25, 0.3) is 0 Å². The fourth-order valence-corrected chi connectivity index (χ4v) is 3.26. The number of nitrogens with one attached hydrogen (secondary N) is 1. The van der Waals surface area contributed by atoms with Crippen molar-refractivity contribution in [2.45, 2.75) is 38.5 Å². The first-order valence-corrected chi connectivity index (χ1v) is 9.18. The van der Waals surface area contributed by atoms with E-state index in [1.165, 1.54) is 0 Å². The molecule has 6 heteroatoms. The van der Waals surface area contributed by atoms with Crippen LogP contribution in [0.4, 0.5) is 0 Å². The zero-order valence-electron chi connectivity index (χ0n) is 15.0. The minimum atomic E-state index is -0.383. The van der Waals surface area contributed by atoms with Gasteiger partial charge in [-0.15, -0.1) is 0 Å². The zero-order chi connectivity index (χ0) is 17.5. The average molecular weight is 348 g/mol. The summed E-state index contributed by atoms with van der Waals surface area (Å²) >= 11 is 0. The Hall–Kier alpha value is -1.63. The highest BCUT2D eigenvalue weighted by Gasteiger charge is 2.39. The molecule has 0 aliphatic carbocycles. The van der Waals surface area contributed by atoms with Gasteiger partial charge in [-0.25, -0.2) is 0 Å². The minimum absolute atomic E-state index is 0.0455. The van der Waals surface area contributed by atoms with Gasteiger partial charge < -0.3 is 19.5 Å². The van der Waals surface area contributed by atoms with Crippen LogP contribution in [0.2, 0.25) is 0 Å². The van der Waals surface area contributed by atoms with Gasteiger partial charge in [-0.3, -0.25) is 9.69 Å². The van der Waals surface area contributed by atoms with Gasteiger partial charge in [0, 0.05) is 32.5 Å². The first-order valence-electron chi connectivity index (χ1n) is 9.18. The number of hydrogen-bond donors (Lipinski definition) is 1. The van der Waals surface area contributed by atoms with Gasteiger partial charge in [0.2, 0.25) is 5.91 Å². The third kappa shape index (κ3) is 5.17. The Kier molecular flexibility index (Phi) is 6.29. The molecule has 2 heterocycles. The number of benzene rings is 1. The van der Waals surface area contributed by atoms with E-state index in [2.05, 4.69) is 17.1 Å². The van der Waals surface area contributed by atoms with Crippen LogP contribution in [0.5, 0.6) is 5.75 Å². The fourth-order valence-electron chi connectivity index (χ4n) is 3.26. The second-order valence-corrected chi connectivity index (χ2v) is 6.66. The van der Waals surface area contributed by atoms with Crippen molar-refractivity contribution in [3.63, 3.8) is 0 Å². The molecule has 0 atom stereocenters. The Morgan fingerprint density at radius 3 is 2.76 bits per heavy atom. The second kappa shape index (κ2) is 8.65. The molecule has 2 saturated heterocycles. The third-order valence-corrected chi connectivity index (χ3v) is 4.66. The van der Waals surface area contributed by atoms with E-state index in [-0.39, 0.29) is 11.7 Å². The predicted octanol–water partition coefficient (Wildman–Crippen LogP) is 1.93. The van der Waals surface area contributed by atoms with Crippen LogP contribution in [0, 0.1) is 0 Å². The average Bonchev–Trinajstić information content (AvgIpc) is 3.09. The molecule has 1 aromatic carbocycles. The lowest BCUT2D eigenvalue weighted by atomic mass is 10.0. The Balaban J connectivity index is 1.39. The molecule has 0 aromatic heterocycles. The highest BCUT2D eigenvalue weighted by Crippen LogP contribution is 2.30. The molecule has 1 spiro atoms. The van der Waals surface area contributed by atoms with E-state index in [9.17, 15) is 4.79 Å². The van der Waals surface area contributed by atoms with Crippen molar-refractivity contribution in [3.8, 4) is 5.75 Å². The Morgan fingerprint density at radius 2 is 2.04 bits per heavy atom. The maximum atomic E-state index is 12.2. The van der Waals surface area contributed by atoms with Gasteiger partial charge >= 0.3 is 0 Å². The molecule has 2 fully saturated rings. The summed E-state index contributed by atoms with van der Waals surface area (Å²) in [6.45, 7) is 6.75. The number of carbonyl (C=O) groups excluding carboxylic acids is 1. The molecule has 25 heavy (non-hydrogen) atoms. The minimum Gasteiger partial charge on any atom is -0.494 e. The third-order valence-electron chi connectivity index (χ3n) is 4.66. The molecule has 0 saturated carbocycles. The van der Waals surface area contributed by atoms with Crippen molar-refractivity contribution in [2.24, 2.45) is 0 Å². The van der Waals surface area contributed by atoms with E-state index < -0.39 is 0 Å². The van der Waals surface area contributed by atoms with Crippen LogP contribution < -0.4 is 10.1 Å². The Labute approximate surface area is 149 Å². The van der Waals surface area contributed by atoms with Crippen molar-refractivity contribution >= 4 is 5.91 Å². The highest BCUT2D eigenvalue weighted by molar-refractivity contribution is 5.78. The van der Waals surface area contributed by atoms with Crippen LogP contribution in [0.15, 0.2) is 24.3 Å². The first kappa shape index (κ1) is 18.2. The summed E-state index contributed by atoms with van der Waals surface area (Å²) in [6.07, 6.45) is 2.64. The predicted molar refractivity (Wildman–Crippen MR) is 94.4 cm³/mol. The van der Waals surface area contributed by atoms with Crippen molar-refractivity contribution in [3.05, 3.63) is 29.8 Å². The summed E-state index contributed by atoms with van der Waals surface area (Å²) < 4.78 is 17.1. The quantitative estimate of drug-likeness (QED) is 0.816. The summed E-state index contributed by atoms with van der Waals surface area (Å²) in [5.74, 6) is 0.516. The monoisotopic (exact) mass is 348 g/mol. The maximum absolute atomic E-state index is 12.2. The van der Waals surface area contributed by atoms with Gasteiger partial charge in [0.15, 0.2) is 5.79 Å². The summed E-state index contributed by atoms with van der Waals surface area (Å²) in [6, 6.07) is 7.88. The smallest absolute Gasteiger partial charge is 0.234 e. The molecule has 1 N–H and O–H groups in total.